The number of halogens is 1. The fourth-order valence-corrected chi connectivity index (χ4v) is 2.40. The second-order valence-electron chi connectivity index (χ2n) is 6.33. The molecule has 0 aromatic carbocycles. The lowest BCUT2D eigenvalue weighted by Gasteiger charge is -2.29. The molecule has 0 bridgehead atoms. The Morgan fingerprint density at radius 1 is 1.36 bits per heavy atom. The van der Waals surface area contributed by atoms with E-state index in [1.807, 2.05) is 26.1 Å². The van der Waals surface area contributed by atoms with Crippen molar-refractivity contribution in [1.29, 1.82) is 0 Å². The van der Waals surface area contributed by atoms with Crippen LogP contribution in [0.4, 0.5) is 5.82 Å². The zero-order chi connectivity index (χ0) is 17.4. The summed E-state index contributed by atoms with van der Waals surface area (Å²) in [4.78, 5) is 11.1. The minimum absolute atomic E-state index is 0. The summed E-state index contributed by atoms with van der Waals surface area (Å²) in [6.45, 7) is 8.64. The van der Waals surface area contributed by atoms with Gasteiger partial charge in [-0.1, -0.05) is 6.07 Å². The van der Waals surface area contributed by atoms with Crippen LogP contribution in [-0.4, -0.2) is 63.6 Å². The monoisotopic (exact) mass is 463 g/mol. The Morgan fingerprint density at radius 3 is 2.72 bits per heavy atom. The molecule has 142 valence electrons. The molecule has 25 heavy (non-hydrogen) atoms. The SMILES string of the molecule is CN=C(NCc1cccnc1N1CCOCC1)NCC(C)(C)OC.I. The maximum absolute atomic E-state index is 5.43. The van der Waals surface area contributed by atoms with Crippen molar-refractivity contribution in [3.63, 3.8) is 0 Å². The molecule has 2 rings (SSSR count). The van der Waals surface area contributed by atoms with Gasteiger partial charge >= 0.3 is 0 Å². The zero-order valence-electron chi connectivity index (χ0n) is 15.5. The highest BCUT2D eigenvalue weighted by atomic mass is 127. The van der Waals surface area contributed by atoms with Crippen molar-refractivity contribution in [2.75, 3.05) is 51.9 Å². The zero-order valence-corrected chi connectivity index (χ0v) is 17.9. The molecule has 0 saturated carbocycles. The van der Waals surface area contributed by atoms with E-state index in [0.717, 1.165) is 43.6 Å². The van der Waals surface area contributed by atoms with E-state index >= 15 is 0 Å². The predicted octanol–water partition coefficient (Wildman–Crippen LogP) is 1.63. The number of hydrogen-bond donors (Lipinski definition) is 2. The molecule has 7 nitrogen and oxygen atoms in total. The van der Waals surface area contributed by atoms with Crippen LogP contribution in [0, 0.1) is 0 Å². The molecular formula is C17H30IN5O2. The van der Waals surface area contributed by atoms with E-state index in [9.17, 15) is 0 Å². The molecule has 0 amide bonds. The van der Waals surface area contributed by atoms with E-state index in [4.69, 9.17) is 9.47 Å². The molecule has 2 N–H and O–H groups in total. The topological polar surface area (TPSA) is 71.0 Å². The molecule has 1 aromatic heterocycles. The third kappa shape index (κ3) is 6.95. The predicted molar refractivity (Wildman–Crippen MR) is 112 cm³/mol. The molecule has 0 atom stereocenters. The van der Waals surface area contributed by atoms with Gasteiger partial charge in [-0.25, -0.2) is 4.98 Å². The Bertz CT molecular complexity index is 548. The van der Waals surface area contributed by atoms with E-state index in [-0.39, 0.29) is 29.6 Å². The van der Waals surface area contributed by atoms with Gasteiger partial charge in [0, 0.05) is 52.1 Å². The molecule has 1 aliphatic heterocycles. The second kappa shape index (κ2) is 10.8. The number of pyridine rings is 1. The second-order valence-corrected chi connectivity index (χ2v) is 6.33. The fraction of sp³-hybridized carbons (Fsp3) is 0.647. The summed E-state index contributed by atoms with van der Waals surface area (Å²) in [5.41, 5.74) is 0.901. The molecule has 1 saturated heterocycles. The maximum Gasteiger partial charge on any atom is 0.191 e. The van der Waals surface area contributed by atoms with Crippen molar-refractivity contribution in [3.05, 3.63) is 23.9 Å². The molecule has 1 aliphatic rings. The number of aliphatic imine (C=N–C) groups is 1. The molecule has 0 aliphatic carbocycles. The van der Waals surface area contributed by atoms with Crippen molar-refractivity contribution in [2.45, 2.75) is 26.0 Å². The van der Waals surface area contributed by atoms with Gasteiger partial charge in [-0.2, -0.15) is 0 Å². The van der Waals surface area contributed by atoms with Gasteiger partial charge in [-0.3, -0.25) is 4.99 Å². The lowest BCUT2D eigenvalue weighted by Crippen LogP contribution is -2.45. The van der Waals surface area contributed by atoms with Crippen LogP contribution in [0.3, 0.4) is 0 Å². The van der Waals surface area contributed by atoms with Gasteiger partial charge in [0.2, 0.25) is 0 Å². The van der Waals surface area contributed by atoms with Crippen LogP contribution >= 0.6 is 24.0 Å². The average molecular weight is 463 g/mol. The maximum atomic E-state index is 5.43. The number of methoxy groups -OCH3 is 1. The molecule has 8 heteroatoms. The molecule has 0 spiro atoms. The normalized spacial score (nSPS) is 15.5. The van der Waals surface area contributed by atoms with Gasteiger partial charge in [-0.05, 0) is 19.9 Å². The highest BCUT2D eigenvalue weighted by Crippen LogP contribution is 2.18. The van der Waals surface area contributed by atoms with Crippen LogP contribution < -0.4 is 15.5 Å². The third-order valence-corrected chi connectivity index (χ3v) is 4.08. The van der Waals surface area contributed by atoms with Crippen LogP contribution in [0.1, 0.15) is 19.4 Å². The van der Waals surface area contributed by atoms with Crippen LogP contribution in [-0.2, 0) is 16.0 Å². The number of nitrogens with zero attached hydrogens (tertiary/aromatic N) is 3. The number of anilines is 1. The Balaban J connectivity index is 0.00000312. The van der Waals surface area contributed by atoms with E-state index < -0.39 is 0 Å². The summed E-state index contributed by atoms with van der Waals surface area (Å²) in [6.07, 6.45) is 1.84. The van der Waals surface area contributed by atoms with Crippen LogP contribution in [0.2, 0.25) is 0 Å². The minimum Gasteiger partial charge on any atom is -0.378 e. The van der Waals surface area contributed by atoms with Gasteiger partial charge in [0.25, 0.3) is 0 Å². The molecule has 0 unspecified atom stereocenters. The Kier molecular flexibility index (Phi) is 9.44. The number of guanidine groups is 1. The lowest BCUT2D eigenvalue weighted by atomic mass is 10.1. The van der Waals surface area contributed by atoms with Crippen molar-refractivity contribution in [3.8, 4) is 0 Å². The quantitative estimate of drug-likeness (QED) is 0.380. The molecule has 2 heterocycles. The van der Waals surface area contributed by atoms with Gasteiger partial charge in [0.15, 0.2) is 5.96 Å². The summed E-state index contributed by atoms with van der Waals surface area (Å²) in [5, 5.41) is 6.64. The third-order valence-electron chi connectivity index (χ3n) is 4.08. The standard InChI is InChI=1S/C17H29N5O2.HI/c1-17(2,23-4)13-21-16(18-3)20-12-14-6-5-7-19-15(14)22-8-10-24-11-9-22;/h5-7H,8-13H2,1-4H3,(H2,18,20,21);1H. The van der Waals surface area contributed by atoms with E-state index in [1.165, 1.54) is 0 Å². The first kappa shape index (κ1) is 21.9. The summed E-state index contributed by atoms with van der Waals surface area (Å²) < 4.78 is 10.8. The smallest absolute Gasteiger partial charge is 0.191 e. The van der Waals surface area contributed by atoms with Crippen LogP contribution in [0.25, 0.3) is 0 Å². The van der Waals surface area contributed by atoms with Crippen molar-refractivity contribution < 1.29 is 9.47 Å². The fourth-order valence-electron chi connectivity index (χ4n) is 2.40. The minimum atomic E-state index is -0.245. The number of hydrogen-bond acceptors (Lipinski definition) is 5. The Morgan fingerprint density at radius 2 is 2.08 bits per heavy atom. The van der Waals surface area contributed by atoms with E-state index in [0.29, 0.717) is 13.1 Å². The summed E-state index contributed by atoms with van der Waals surface area (Å²) >= 11 is 0. The summed E-state index contributed by atoms with van der Waals surface area (Å²) in [6, 6.07) is 4.06. The van der Waals surface area contributed by atoms with Crippen LogP contribution in [0.15, 0.2) is 23.3 Å². The van der Waals surface area contributed by atoms with Crippen molar-refractivity contribution in [2.24, 2.45) is 4.99 Å². The van der Waals surface area contributed by atoms with Crippen molar-refractivity contribution >= 4 is 35.8 Å². The first-order valence-electron chi connectivity index (χ1n) is 8.32. The molecule has 1 aromatic rings. The van der Waals surface area contributed by atoms with Gasteiger partial charge in [-0.15, -0.1) is 24.0 Å². The Labute approximate surface area is 167 Å². The Hall–Kier alpha value is -1.13. The number of rotatable bonds is 6. The summed E-state index contributed by atoms with van der Waals surface area (Å²) in [7, 11) is 3.48. The largest absolute Gasteiger partial charge is 0.378 e. The van der Waals surface area contributed by atoms with Crippen molar-refractivity contribution in [1.82, 2.24) is 15.6 Å². The molecule has 0 radical (unpaired) electrons. The molecular weight excluding hydrogens is 433 g/mol. The van der Waals surface area contributed by atoms with Gasteiger partial charge < -0.3 is 25.0 Å². The van der Waals surface area contributed by atoms with Gasteiger partial charge in [0.1, 0.15) is 5.82 Å². The summed E-state index contributed by atoms with van der Waals surface area (Å²) in [5.74, 6) is 1.76. The number of morpholine rings is 1. The average Bonchev–Trinajstić information content (AvgIpc) is 2.63. The van der Waals surface area contributed by atoms with Gasteiger partial charge in [0.05, 0.1) is 18.8 Å². The highest BCUT2D eigenvalue weighted by Gasteiger charge is 2.18. The first-order valence-corrected chi connectivity index (χ1v) is 8.32. The molecule has 1 fully saturated rings. The first-order chi connectivity index (χ1) is 11.6. The van der Waals surface area contributed by atoms with E-state index in [2.05, 4.69) is 31.6 Å². The highest BCUT2D eigenvalue weighted by molar-refractivity contribution is 14.0. The number of aromatic nitrogens is 1. The van der Waals surface area contributed by atoms with Crippen LogP contribution in [0.5, 0.6) is 0 Å². The number of ether oxygens (including phenoxy) is 2. The van der Waals surface area contributed by atoms with E-state index in [1.54, 1.807) is 14.2 Å². The lowest BCUT2D eigenvalue weighted by molar-refractivity contribution is 0.0268. The number of nitrogens with one attached hydrogen (secondary N) is 2.